The van der Waals surface area contributed by atoms with Crippen LogP contribution in [-0.2, 0) is 23.2 Å². The van der Waals surface area contributed by atoms with Crippen LogP contribution in [0.3, 0.4) is 0 Å². The van der Waals surface area contributed by atoms with Gasteiger partial charge >= 0.3 is 0 Å². The molecule has 30 heavy (non-hydrogen) atoms. The van der Waals surface area contributed by atoms with Crippen molar-refractivity contribution in [1.82, 2.24) is 9.88 Å². The Morgan fingerprint density at radius 1 is 1.10 bits per heavy atom. The van der Waals surface area contributed by atoms with E-state index < -0.39 is 11.4 Å². The standard InChI is InChI=1S/C24H22ClN3O2/c1-16(14-19-6-4-5-13-27-19)28-22(29)20-7-2-3-8-21(20)24(28,23(26)30)15-17-9-11-18(25)12-10-17/h2-13,16H,14-15H2,1H3,(H2,26,30). The van der Waals surface area contributed by atoms with Gasteiger partial charge in [-0.05, 0) is 42.8 Å². The highest BCUT2D eigenvalue weighted by Crippen LogP contribution is 2.43. The molecule has 0 aliphatic carbocycles. The molecule has 0 spiro atoms. The van der Waals surface area contributed by atoms with Gasteiger partial charge in [0.1, 0.15) is 0 Å². The lowest BCUT2D eigenvalue weighted by atomic mass is 9.82. The number of carbonyl (C=O) groups excluding carboxylic acids is 2. The van der Waals surface area contributed by atoms with Gasteiger partial charge in [-0.1, -0.05) is 48.0 Å². The third kappa shape index (κ3) is 3.35. The van der Waals surface area contributed by atoms with E-state index in [0.29, 0.717) is 22.6 Å². The van der Waals surface area contributed by atoms with Gasteiger partial charge in [-0.3, -0.25) is 14.6 Å². The SMILES string of the molecule is CC(Cc1ccccn1)N1C(=O)c2ccccc2C1(Cc1ccc(Cl)cc1)C(N)=O. The first-order valence-electron chi connectivity index (χ1n) is 9.81. The maximum absolute atomic E-state index is 13.5. The highest BCUT2D eigenvalue weighted by molar-refractivity contribution is 6.30. The van der Waals surface area contributed by atoms with Crippen LogP contribution in [0.4, 0.5) is 0 Å². The summed E-state index contributed by atoms with van der Waals surface area (Å²) in [7, 11) is 0. The largest absolute Gasteiger partial charge is 0.367 e. The second-order valence-corrected chi connectivity index (χ2v) is 8.06. The average Bonchev–Trinajstić information content (AvgIpc) is 3.00. The van der Waals surface area contributed by atoms with Crippen molar-refractivity contribution in [3.63, 3.8) is 0 Å². The molecular formula is C24H22ClN3O2. The van der Waals surface area contributed by atoms with Crippen LogP contribution in [0.25, 0.3) is 0 Å². The van der Waals surface area contributed by atoms with Gasteiger partial charge in [-0.2, -0.15) is 0 Å². The number of aromatic nitrogens is 1. The molecule has 2 atom stereocenters. The van der Waals surface area contributed by atoms with Crippen LogP contribution in [0.5, 0.6) is 0 Å². The Labute approximate surface area is 180 Å². The lowest BCUT2D eigenvalue weighted by Crippen LogP contribution is -2.57. The van der Waals surface area contributed by atoms with Crippen LogP contribution >= 0.6 is 11.6 Å². The summed E-state index contributed by atoms with van der Waals surface area (Å²) >= 11 is 6.04. The van der Waals surface area contributed by atoms with Gasteiger partial charge in [-0.15, -0.1) is 0 Å². The minimum absolute atomic E-state index is 0.193. The average molecular weight is 420 g/mol. The smallest absolute Gasteiger partial charge is 0.255 e. The molecule has 2 amide bonds. The Morgan fingerprint density at radius 2 is 1.80 bits per heavy atom. The molecule has 0 bridgehead atoms. The minimum Gasteiger partial charge on any atom is -0.367 e. The zero-order valence-corrected chi connectivity index (χ0v) is 17.3. The lowest BCUT2D eigenvalue weighted by molar-refractivity contribution is -0.130. The van der Waals surface area contributed by atoms with Gasteiger partial charge in [0.15, 0.2) is 5.54 Å². The number of amides is 2. The third-order valence-corrected chi connectivity index (χ3v) is 5.94. The molecule has 0 radical (unpaired) electrons. The summed E-state index contributed by atoms with van der Waals surface area (Å²) in [5.41, 5.74) is 7.63. The number of nitrogens with two attached hydrogens (primary N) is 1. The molecule has 0 saturated carbocycles. The van der Waals surface area contributed by atoms with E-state index in [2.05, 4.69) is 4.98 Å². The van der Waals surface area contributed by atoms with Crippen molar-refractivity contribution in [2.45, 2.75) is 31.3 Å². The molecule has 2 aromatic carbocycles. The molecule has 2 N–H and O–H groups in total. The second-order valence-electron chi connectivity index (χ2n) is 7.62. The van der Waals surface area contributed by atoms with Crippen molar-refractivity contribution in [1.29, 1.82) is 0 Å². The van der Waals surface area contributed by atoms with Gasteiger partial charge in [0.05, 0.1) is 0 Å². The maximum atomic E-state index is 13.5. The van der Waals surface area contributed by atoms with Gasteiger partial charge in [-0.25, -0.2) is 0 Å². The second kappa shape index (κ2) is 7.92. The van der Waals surface area contributed by atoms with E-state index in [-0.39, 0.29) is 18.4 Å². The number of carbonyl (C=O) groups is 2. The van der Waals surface area contributed by atoms with Gasteiger partial charge < -0.3 is 10.6 Å². The first kappa shape index (κ1) is 20.1. The molecule has 152 valence electrons. The molecule has 2 heterocycles. The quantitative estimate of drug-likeness (QED) is 0.661. The fraction of sp³-hybridized carbons (Fsp3) is 0.208. The van der Waals surface area contributed by atoms with E-state index in [1.807, 2.05) is 49.4 Å². The Morgan fingerprint density at radius 3 is 2.47 bits per heavy atom. The number of pyridine rings is 1. The number of nitrogens with zero attached hydrogens (tertiary/aromatic N) is 2. The molecule has 5 nitrogen and oxygen atoms in total. The molecule has 1 aliphatic heterocycles. The number of hydrogen-bond acceptors (Lipinski definition) is 3. The highest BCUT2D eigenvalue weighted by Gasteiger charge is 2.55. The normalized spacial score (nSPS) is 18.9. The third-order valence-electron chi connectivity index (χ3n) is 5.69. The topological polar surface area (TPSA) is 76.3 Å². The molecule has 3 aromatic rings. The summed E-state index contributed by atoms with van der Waals surface area (Å²) in [6.45, 7) is 1.93. The van der Waals surface area contributed by atoms with E-state index in [1.54, 1.807) is 35.4 Å². The van der Waals surface area contributed by atoms with E-state index in [0.717, 1.165) is 11.3 Å². The van der Waals surface area contributed by atoms with E-state index in [1.165, 1.54) is 0 Å². The molecular weight excluding hydrogens is 398 g/mol. The summed E-state index contributed by atoms with van der Waals surface area (Å²) in [6, 6.07) is 19.9. The predicted octanol–water partition coefficient (Wildman–Crippen LogP) is 3.75. The molecule has 2 unspecified atom stereocenters. The van der Waals surface area contributed by atoms with Crippen molar-refractivity contribution in [3.8, 4) is 0 Å². The van der Waals surface area contributed by atoms with Gasteiger partial charge in [0, 0.05) is 46.9 Å². The number of halogens is 1. The zero-order valence-electron chi connectivity index (χ0n) is 16.6. The van der Waals surface area contributed by atoms with E-state index in [4.69, 9.17) is 17.3 Å². The fourth-order valence-electron chi connectivity index (χ4n) is 4.37. The number of primary amides is 1. The van der Waals surface area contributed by atoms with Crippen LogP contribution < -0.4 is 5.73 Å². The molecule has 0 saturated heterocycles. The number of benzene rings is 2. The number of rotatable bonds is 6. The van der Waals surface area contributed by atoms with Crippen molar-refractivity contribution in [2.75, 3.05) is 0 Å². The summed E-state index contributed by atoms with van der Waals surface area (Å²) in [6.07, 6.45) is 2.50. The van der Waals surface area contributed by atoms with Crippen LogP contribution in [0.15, 0.2) is 72.9 Å². The number of hydrogen-bond donors (Lipinski definition) is 1. The van der Waals surface area contributed by atoms with Crippen LogP contribution in [0.2, 0.25) is 5.02 Å². The van der Waals surface area contributed by atoms with E-state index >= 15 is 0 Å². The summed E-state index contributed by atoms with van der Waals surface area (Å²) in [4.78, 5) is 32.6. The Kier molecular flexibility index (Phi) is 5.31. The van der Waals surface area contributed by atoms with Crippen molar-refractivity contribution in [3.05, 3.63) is 100 Å². The van der Waals surface area contributed by atoms with Crippen molar-refractivity contribution < 1.29 is 9.59 Å². The Hall–Kier alpha value is -3.18. The van der Waals surface area contributed by atoms with E-state index in [9.17, 15) is 9.59 Å². The molecule has 4 rings (SSSR count). The van der Waals surface area contributed by atoms with Crippen molar-refractivity contribution in [2.24, 2.45) is 5.73 Å². The number of fused-ring (bicyclic) bond motifs is 1. The van der Waals surface area contributed by atoms with Crippen LogP contribution in [-0.4, -0.2) is 27.7 Å². The monoisotopic (exact) mass is 419 g/mol. The summed E-state index contributed by atoms with van der Waals surface area (Å²) < 4.78 is 0. The molecule has 1 aliphatic rings. The Balaban J connectivity index is 1.82. The highest BCUT2D eigenvalue weighted by atomic mass is 35.5. The van der Waals surface area contributed by atoms with Gasteiger partial charge in [0.2, 0.25) is 5.91 Å². The molecule has 6 heteroatoms. The molecule has 0 fully saturated rings. The van der Waals surface area contributed by atoms with Crippen LogP contribution in [0.1, 0.15) is 34.1 Å². The summed E-state index contributed by atoms with van der Waals surface area (Å²) in [5.74, 6) is -0.745. The van der Waals surface area contributed by atoms with Crippen LogP contribution in [0, 0.1) is 0 Å². The summed E-state index contributed by atoms with van der Waals surface area (Å²) in [5, 5.41) is 0.607. The minimum atomic E-state index is -1.28. The first-order valence-corrected chi connectivity index (χ1v) is 10.2. The molecule has 1 aromatic heterocycles. The lowest BCUT2D eigenvalue weighted by Gasteiger charge is -2.40. The Bertz CT molecular complexity index is 1090. The van der Waals surface area contributed by atoms with Gasteiger partial charge in [0.25, 0.3) is 5.91 Å². The maximum Gasteiger partial charge on any atom is 0.255 e. The van der Waals surface area contributed by atoms with Crippen molar-refractivity contribution >= 4 is 23.4 Å². The predicted molar refractivity (Wildman–Crippen MR) is 116 cm³/mol. The fourth-order valence-corrected chi connectivity index (χ4v) is 4.49. The zero-order chi connectivity index (χ0) is 21.3. The first-order chi connectivity index (χ1) is 14.4.